The highest BCUT2D eigenvalue weighted by molar-refractivity contribution is 5.95. The van der Waals surface area contributed by atoms with Crippen molar-refractivity contribution >= 4 is 11.6 Å². The molecule has 0 spiro atoms. The summed E-state index contributed by atoms with van der Waals surface area (Å²) in [5, 5.41) is 12.7. The van der Waals surface area contributed by atoms with Crippen LogP contribution in [0.5, 0.6) is 0 Å². The first-order valence-electron chi connectivity index (χ1n) is 8.20. The van der Waals surface area contributed by atoms with Gasteiger partial charge >= 0.3 is 0 Å². The standard InChI is InChI=1S/C18H28N2O2/c1-12-7-8-13(2)17(10-12)19-18(22)15(4)20-9-5-6-16(20)11-14(3)21/h7-8,10,14-16,21H,5-6,9,11H2,1-4H3,(H,19,22). The number of nitrogens with zero attached hydrogens (tertiary/aromatic N) is 1. The van der Waals surface area contributed by atoms with Crippen molar-refractivity contribution in [2.45, 2.75) is 65.1 Å². The second-order valence-corrected chi connectivity index (χ2v) is 6.60. The molecule has 1 heterocycles. The van der Waals surface area contributed by atoms with E-state index in [4.69, 9.17) is 0 Å². The van der Waals surface area contributed by atoms with Gasteiger partial charge < -0.3 is 10.4 Å². The van der Waals surface area contributed by atoms with E-state index in [1.165, 1.54) is 0 Å². The third-order valence-corrected chi connectivity index (χ3v) is 4.56. The first kappa shape index (κ1) is 17.0. The first-order valence-corrected chi connectivity index (χ1v) is 8.20. The summed E-state index contributed by atoms with van der Waals surface area (Å²) in [6, 6.07) is 6.22. The number of amides is 1. The molecule has 4 nitrogen and oxygen atoms in total. The lowest BCUT2D eigenvalue weighted by molar-refractivity contribution is -0.121. The topological polar surface area (TPSA) is 52.6 Å². The lowest BCUT2D eigenvalue weighted by Crippen LogP contribution is -2.45. The maximum atomic E-state index is 12.6. The molecular weight excluding hydrogens is 276 g/mol. The number of benzene rings is 1. The van der Waals surface area contributed by atoms with Crippen molar-refractivity contribution in [1.29, 1.82) is 0 Å². The number of aryl methyl sites for hydroxylation is 2. The number of carbonyl (C=O) groups excluding carboxylic acids is 1. The Hall–Kier alpha value is -1.39. The van der Waals surface area contributed by atoms with Gasteiger partial charge in [0.1, 0.15) is 0 Å². The summed E-state index contributed by atoms with van der Waals surface area (Å²) in [7, 11) is 0. The molecule has 0 radical (unpaired) electrons. The van der Waals surface area contributed by atoms with Gasteiger partial charge in [-0.1, -0.05) is 12.1 Å². The average molecular weight is 304 g/mol. The molecule has 1 aromatic carbocycles. The van der Waals surface area contributed by atoms with Crippen LogP contribution in [-0.2, 0) is 4.79 Å². The van der Waals surface area contributed by atoms with Crippen LogP contribution in [0.4, 0.5) is 5.69 Å². The highest BCUT2D eigenvalue weighted by Crippen LogP contribution is 2.25. The average Bonchev–Trinajstić information content (AvgIpc) is 2.89. The minimum atomic E-state index is -0.320. The van der Waals surface area contributed by atoms with Crippen LogP contribution in [0.1, 0.15) is 44.2 Å². The summed E-state index contributed by atoms with van der Waals surface area (Å²) in [6.07, 6.45) is 2.57. The molecular formula is C18H28N2O2. The van der Waals surface area contributed by atoms with Gasteiger partial charge in [-0.15, -0.1) is 0 Å². The lowest BCUT2D eigenvalue weighted by atomic mass is 10.1. The van der Waals surface area contributed by atoms with Gasteiger partial charge in [0, 0.05) is 11.7 Å². The van der Waals surface area contributed by atoms with Crippen LogP contribution in [0.15, 0.2) is 18.2 Å². The van der Waals surface area contributed by atoms with Gasteiger partial charge in [-0.3, -0.25) is 9.69 Å². The van der Waals surface area contributed by atoms with Crippen LogP contribution in [-0.4, -0.2) is 40.6 Å². The number of aliphatic hydroxyl groups excluding tert-OH is 1. The van der Waals surface area contributed by atoms with E-state index in [0.29, 0.717) is 6.04 Å². The van der Waals surface area contributed by atoms with E-state index in [9.17, 15) is 9.90 Å². The molecule has 1 aliphatic heterocycles. The first-order chi connectivity index (χ1) is 10.4. The maximum absolute atomic E-state index is 12.6. The molecule has 4 heteroatoms. The molecule has 0 aliphatic carbocycles. The molecule has 1 aliphatic rings. The Morgan fingerprint density at radius 1 is 1.41 bits per heavy atom. The zero-order valence-electron chi connectivity index (χ0n) is 14.1. The maximum Gasteiger partial charge on any atom is 0.241 e. The molecule has 0 aromatic heterocycles. The minimum Gasteiger partial charge on any atom is -0.393 e. The normalized spacial score (nSPS) is 21.6. The van der Waals surface area contributed by atoms with E-state index in [-0.39, 0.29) is 18.1 Å². The van der Waals surface area contributed by atoms with E-state index in [0.717, 1.165) is 42.6 Å². The number of hydrogen-bond acceptors (Lipinski definition) is 3. The van der Waals surface area contributed by atoms with Crippen LogP contribution < -0.4 is 5.32 Å². The van der Waals surface area contributed by atoms with Crippen molar-refractivity contribution in [1.82, 2.24) is 4.90 Å². The quantitative estimate of drug-likeness (QED) is 0.879. The summed E-state index contributed by atoms with van der Waals surface area (Å²) >= 11 is 0. The van der Waals surface area contributed by atoms with Crippen molar-refractivity contribution in [3.63, 3.8) is 0 Å². The monoisotopic (exact) mass is 304 g/mol. The molecule has 122 valence electrons. The van der Waals surface area contributed by atoms with E-state index >= 15 is 0 Å². The number of carbonyl (C=O) groups is 1. The Labute approximate surface area is 133 Å². The van der Waals surface area contributed by atoms with Crippen molar-refractivity contribution < 1.29 is 9.90 Å². The Balaban J connectivity index is 2.03. The van der Waals surface area contributed by atoms with Gasteiger partial charge in [-0.25, -0.2) is 0 Å². The molecule has 3 atom stereocenters. The van der Waals surface area contributed by atoms with E-state index in [2.05, 4.69) is 10.2 Å². The van der Waals surface area contributed by atoms with Gasteiger partial charge in [0.15, 0.2) is 0 Å². The SMILES string of the molecule is Cc1ccc(C)c(NC(=O)C(C)N2CCCC2CC(C)O)c1. The fourth-order valence-corrected chi connectivity index (χ4v) is 3.27. The molecule has 1 saturated heterocycles. The minimum absolute atomic E-state index is 0.0335. The zero-order chi connectivity index (χ0) is 16.3. The van der Waals surface area contributed by atoms with Crippen LogP contribution in [0.3, 0.4) is 0 Å². The van der Waals surface area contributed by atoms with Gasteiger partial charge in [0.2, 0.25) is 5.91 Å². The van der Waals surface area contributed by atoms with Gasteiger partial charge in [0.25, 0.3) is 0 Å². The van der Waals surface area contributed by atoms with Crippen LogP contribution >= 0.6 is 0 Å². The highest BCUT2D eigenvalue weighted by atomic mass is 16.3. The third kappa shape index (κ3) is 4.08. The molecule has 0 bridgehead atoms. The summed E-state index contributed by atoms with van der Waals surface area (Å²) in [5.41, 5.74) is 3.11. The second-order valence-electron chi connectivity index (χ2n) is 6.60. The fraction of sp³-hybridized carbons (Fsp3) is 0.611. The van der Waals surface area contributed by atoms with Crippen molar-refractivity contribution in [2.24, 2.45) is 0 Å². The second kappa shape index (κ2) is 7.25. The molecule has 3 unspecified atom stereocenters. The smallest absolute Gasteiger partial charge is 0.241 e. The van der Waals surface area contributed by atoms with E-state index in [1.807, 2.05) is 45.9 Å². The molecule has 0 saturated carbocycles. The molecule has 1 fully saturated rings. The zero-order valence-corrected chi connectivity index (χ0v) is 14.1. The van der Waals surface area contributed by atoms with E-state index < -0.39 is 0 Å². The number of aliphatic hydroxyl groups is 1. The summed E-state index contributed by atoms with van der Waals surface area (Å²) in [5.74, 6) is 0.0335. The fourth-order valence-electron chi connectivity index (χ4n) is 3.27. The summed E-state index contributed by atoms with van der Waals surface area (Å²) in [4.78, 5) is 14.8. The number of anilines is 1. The largest absolute Gasteiger partial charge is 0.393 e. The van der Waals surface area contributed by atoms with Crippen molar-refractivity contribution in [3.05, 3.63) is 29.3 Å². The molecule has 1 amide bonds. The van der Waals surface area contributed by atoms with Gasteiger partial charge in [0.05, 0.1) is 12.1 Å². The lowest BCUT2D eigenvalue weighted by Gasteiger charge is -2.30. The number of hydrogen-bond donors (Lipinski definition) is 2. The van der Waals surface area contributed by atoms with Crippen LogP contribution in [0, 0.1) is 13.8 Å². The van der Waals surface area contributed by atoms with Crippen LogP contribution in [0.25, 0.3) is 0 Å². The van der Waals surface area contributed by atoms with Gasteiger partial charge in [-0.2, -0.15) is 0 Å². The Morgan fingerprint density at radius 2 is 2.14 bits per heavy atom. The van der Waals surface area contributed by atoms with Gasteiger partial charge in [-0.05, 0) is 70.7 Å². The van der Waals surface area contributed by atoms with E-state index in [1.54, 1.807) is 0 Å². The predicted octanol–water partition coefficient (Wildman–Crippen LogP) is 2.87. The summed E-state index contributed by atoms with van der Waals surface area (Å²) in [6.45, 7) is 8.74. The Kier molecular flexibility index (Phi) is 5.59. The Bertz CT molecular complexity index is 528. The third-order valence-electron chi connectivity index (χ3n) is 4.56. The highest BCUT2D eigenvalue weighted by Gasteiger charge is 2.32. The number of nitrogens with one attached hydrogen (secondary N) is 1. The molecule has 2 N–H and O–H groups in total. The summed E-state index contributed by atoms with van der Waals surface area (Å²) < 4.78 is 0. The Morgan fingerprint density at radius 3 is 2.82 bits per heavy atom. The number of rotatable bonds is 5. The number of likely N-dealkylation sites (tertiary alicyclic amines) is 1. The molecule has 1 aromatic rings. The van der Waals surface area contributed by atoms with Crippen molar-refractivity contribution in [2.75, 3.05) is 11.9 Å². The van der Waals surface area contributed by atoms with Crippen LogP contribution in [0.2, 0.25) is 0 Å². The molecule has 2 rings (SSSR count). The van der Waals surface area contributed by atoms with Crippen molar-refractivity contribution in [3.8, 4) is 0 Å². The predicted molar refractivity (Wildman–Crippen MR) is 90.0 cm³/mol. The molecule has 22 heavy (non-hydrogen) atoms.